The molecule has 1 saturated heterocycles. The van der Waals surface area contributed by atoms with Gasteiger partial charge in [-0.25, -0.2) is 4.98 Å². The first kappa shape index (κ1) is 12.0. The summed E-state index contributed by atoms with van der Waals surface area (Å²) in [5.41, 5.74) is 6.18. The second-order valence-corrected chi connectivity index (χ2v) is 5.33. The summed E-state index contributed by atoms with van der Waals surface area (Å²) in [5, 5.41) is 0.526. The summed E-state index contributed by atoms with van der Waals surface area (Å²) in [5.74, 6) is 2.02. The van der Waals surface area contributed by atoms with Crippen molar-refractivity contribution < 1.29 is 0 Å². The Labute approximate surface area is 110 Å². The SMILES string of the molecule is CC1CN(c2nc(N)nc3cc[nH]c(=O)c23)C[C@@H]1C. The monoisotopic (exact) mass is 259 g/mol. The van der Waals surface area contributed by atoms with Gasteiger partial charge in [-0.15, -0.1) is 0 Å². The summed E-state index contributed by atoms with van der Waals surface area (Å²) < 4.78 is 0. The molecule has 0 bridgehead atoms. The van der Waals surface area contributed by atoms with Gasteiger partial charge in [0.1, 0.15) is 11.2 Å². The summed E-state index contributed by atoms with van der Waals surface area (Å²) >= 11 is 0. The van der Waals surface area contributed by atoms with E-state index in [-0.39, 0.29) is 11.5 Å². The molecule has 1 unspecified atom stereocenters. The van der Waals surface area contributed by atoms with E-state index in [1.54, 1.807) is 12.3 Å². The third-order valence-corrected chi connectivity index (χ3v) is 3.91. The summed E-state index contributed by atoms with van der Waals surface area (Å²) in [6.45, 7) is 6.20. The van der Waals surface area contributed by atoms with Gasteiger partial charge < -0.3 is 15.6 Å². The zero-order valence-electron chi connectivity index (χ0n) is 11.1. The highest BCUT2D eigenvalue weighted by Crippen LogP contribution is 2.29. The topological polar surface area (TPSA) is 87.9 Å². The van der Waals surface area contributed by atoms with Crippen molar-refractivity contribution in [2.45, 2.75) is 13.8 Å². The Hall–Kier alpha value is -2.11. The number of H-pyrrole nitrogens is 1. The quantitative estimate of drug-likeness (QED) is 0.797. The van der Waals surface area contributed by atoms with Gasteiger partial charge in [0.2, 0.25) is 5.95 Å². The van der Waals surface area contributed by atoms with Crippen LogP contribution in [0.3, 0.4) is 0 Å². The zero-order valence-corrected chi connectivity index (χ0v) is 11.1. The molecule has 2 atom stereocenters. The number of nitrogen functional groups attached to an aromatic ring is 1. The lowest BCUT2D eigenvalue weighted by Gasteiger charge is -2.18. The highest BCUT2D eigenvalue weighted by atomic mass is 16.1. The molecule has 19 heavy (non-hydrogen) atoms. The first-order valence-electron chi connectivity index (χ1n) is 6.46. The minimum Gasteiger partial charge on any atom is -0.368 e. The van der Waals surface area contributed by atoms with Gasteiger partial charge in [-0.05, 0) is 17.9 Å². The van der Waals surface area contributed by atoms with Gasteiger partial charge in [0, 0.05) is 19.3 Å². The van der Waals surface area contributed by atoms with Crippen LogP contribution in [-0.2, 0) is 0 Å². The van der Waals surface area contributed by atoms with Crippen LogP contribution >= 0.6 is 0 Å². The average molecular weight is 259 g/mol. The van der Waals surface area contributed by atoms with Crippen LogP contribution in [0.2, 0.25) is 0 Å². The lowest BCUT2D eigenvalue weighted by molar-refractivity contribution is 0.494. The van der Waals surface area contributed by atoms with Crippen LogP contribution in [0.4, 0.5) is 11.8 Å². The highest BCUT2D eigenvalue weighted by Gasteiger charge is 2.29. The molecule has 0 spiro atoms. The number of hydrogen-bond acceptors (Lipinski definition) is 5. The number of nitrogens with two attached hydrogens (primary N) is 1. The van der Waals surface area contributed by atoms with Crippen molar-refractivity contribution >= 4 is 22.7 Å². The van der Waals surface area contributed by atoms with Gasteiger partial charge in [-0.3, -0.25) is 4.79 Å². The number of anilines is 2. The second-order valence-electron chi connectivity index (χ2n) is 5.33. The molecule has 0 aliphatic carbocycles. The molecule has 1 fully saturated rings. The fraction of sp³-hybridized carbons (Fsp3) is 0.462. The zero-order chi connectivity index (χ0) is 13.6. The predicted molar refractivity (Wildman–Crippen MR) is 75.1 cm³/mol. The highest BCUT2D eigenvalue weighted by molar-refractivity contribution is 5.89. The molecule has 1 aliphatic rings. The lowest BCUT2D eigenvalue weighted by Crippen LogP contribution is -2.24. The van der Waals surface area contributed by atoms with Crippen LogP contribution in [0.5, 0.6) is 0 Å². The standard InChI is InChI=1S/C13H17N5O/c1-7-5-18(6-8(7)2)11-10-9(16-13(14)17-11)3-4-15-12(10)19/h3-4,7-8H,5-6H2,1-2H3,(H,15,19)(H2,14,16,17)/t7-,8?/m0/s1. The fourth-order valence-electron chi connectivity index (χ4n) is 2.62. The van der Waals surface area contributed by atoms with E-state index in [1.165, 1.54) is 0 Å². The molecule has 3 heterocycles. The minimum absolute atomic E-state index is 0.167. The number of nitrogens with zero attached hydrogens (tertiary/aromatic N) is 3. The molecule has 2 aromatic rings. The van der Waals surface area contributed by atoms with Crippen molar-refractivity contribution in [2.24, 2.45) is 11.8 Å². The molecule has 0 radical (unpaired) electrons. The number of aromatic amines is 1. The summed E-state index contributed by atoms with van der Waals surface area (Å²) in [6.07, 6.45) is 1.58. The first-order valence-corrected chi connectivity index (χ1v) is 6.46. The molecular weight excluding hydrogens is 242 g/mol. The van der Waals surface area contributed by atoms with Crippen molar-refractivity contribution in [1.82, 2.24) is 15.0 Å². The van der Waals surface area contributed by atoms with Gasteiger partial charge in [0.15, 0.2) is 0 Å². The molecular formula is C13H17N5O. The van der Waals surface area contributed by atoms with E-state index >= 15 is 0 Å². The Morgan fingerprint density at radius 2 is 2.00 bits per heavy atom. The van der Waals surface area contributed by atoms with Crippen molar-refractivity contribution in [3.05, 3.63) is 22.6 Å². The molecule has 0 saturated carbocycles. The van der Waals surface area contributed by atoms with E-state index in [9.17, 15) is 4.79 Å². The normalized spacial score (nSPS) is 23.2. The number of hydrogen-bond donors (Lipinski definition) is 2. The Bertz CT molecular complexity index is 670. The molecule has 3 N–H and O–H groups in total. The molecule has 1 aliphatic heterocycles. The van der Waals surface area contributed by atoms with Crippen molar-refractivity contribution in [3.8, 4) is 0 Å². The van der Waals surface area contributed by atoms with Gasteiger partial charge >= 0.3 is 0 Å². The first-order chi connectivity index (χ1) is 9.06. The maximum atomic E-state index is 12.0. The van der Waals surface area contributed by atoms with Crippen LogP contribution in [0.25, 0.3) is 10.9 Å². The number of pyridine rings is 1. The fourth-order valence-corrected chi connectivity index (χ4v) is 2.62. The predicted octanol–water partition coefficient (Wildman–Crippen LogP) is 0.992. The van der Waals surface area contributed by atoms with E-state index in [0.717, 1.165) is 13.1 Å². The lowest BCUT2D eigenvalue weighted by atomic mass is 10.0. The summed E-state index contributed by atoms with van der Waals surface area (Å²) in [6, 6.07) is 1.75. The summed E-state index contributed by atoms with van der Waals surface area (Å²) in [7, 11) is 0. The van der Waals surface area contributed by atoms with Gasteiger partial charge in [0.05, 0.1) is 5.52 Å². The smallest absolute Gasteiger partial charge is 0.261 e. The third-order valence-electron chi connectivity index (χ3n) is 3.91. The van der Waals surface area contributed by atoms with Crippen LogP contribution in [-0.4, -0.2) is 28.0 Å². The molecule has 2 aromatic heterocycles. The molecule has 6 heteroatoms. The Balaban J connectivity index is 2.20. The molecule has 0 amide bonds. The van der Waals surface area contributed by atoms with E-state index in [0.29, 0.717) is 28.6 Å². The maximum Gasteiger partial charge on any atom is 0.261 e. The Morgan fingerprint density at radius 3 is 2.68 bits per heavy atom. The van der Waals surface area contributed by atoms with Crippen molar-refractivity contribution in [1.29, 1.82) is 0 Å². The molecule has 3 rings (SSSR count). The number of aromatic nitrogens is 3. The Morgan fingerprint density at radius 1 is 1.32 bits per heavy atom. The van der Waals surface area contributed by atoms with Crippen LogP contribution in [0.1, 0.15) is 13.8 Å². The van der Waals surface area contributed by atoms with Gasteiger partial charge in [-0.2, -0.15) is 4.98 Å². The number of fused-ring (bicyclic) bond motifs is 1. The van der Waals surface area contributed by atoms with Crippen LogP contribution < -0.4 is 16.2 Å². The molecule has 0 aromatic carbocycles. The van der Waals surface area contributed by atoms with Gasteiger partial charge in [-0.1, -0.05) is 13.8 Å². The average Bonchev–Trinajstić information content (AvgIpc) is 2.68. The molecule has 100 valence electrons. The van der Waals surface area contributed by atoms with Crippen LogP contribution in [0, 0.1) is 11.8 Å². The van der Waals surface area contributed by atoms with E-state index in [2.05, 4.69) is 33.7 Å². The van der Waals surface area contributed by atoms with E-state index in [1.807, 2.05) is 0 Å². The van der Waals surface area contributed by atoms with Crippen molar-refractivity contribution in [3.63, 3.8) is 0 Å². The van der Waals surface area contributed by atoms with Crippen LogP contribution in [0.15, 0.2) is 17.1 Å². The number of nitrogens with one attached hydrogen (secondary N) is 1. The minimum atomic E-state index is -0.167. The molecule has 6 nitrogen and oxygen atoms in total. The third kappa shape index (κ3) is 1.93. The van der Waals surface area contributed by atoms with E-state index in [4.69, 9.17) is 5.73 Å². The van der Waals surface area contributed by atoms with Crippen molar-refractivity contribution in [2.75, 3.05) is 23.7 Å². The van der Waals surface area contributed by atoms with E-state index < -0.39 is 0 Å². The largest absolute Gasteiger partial charge is 0.368 e. The summed E-state index contributed by atoms with van der Waals surface area (Å²) in [4.78, 5) is 25.2. The Kier molecular flexibility index (Phi) is 2.66. The number of rotatable bonds is 1. The maximum absolute atomic E-state index is 12.0. The second kappa shape index (κ2) is 4.22. The van der Waals surface area contributed by atoms with Gasteiger partial charge in [0.25, 0.3) is 5.56 Å².